The summed E-state index contributed by atoms with van der Waals surface area (Å²) in [6, 6.07) is 5.53. The fourth-order valence-corrected chi connectivity index (χ4v) is 4.27. The first-order valence-corrected chi connectivity index (χ1v) is 10.8. The average Bonchev–Trinajstić information content (AvgIpc) is 3.13. The summed E-state index contributed by atoms with van der Waals surface area (Å²) in [7, 11) is 0. The molecule has 1 aliphatic rings. The van der Waals surface area contributed by atoms with Crippen molar-refractivity contribution in [1.82, 2.24) is 10.3 Å². The van der Waals surface area contributed by atoms with Crippen LogP contribution in [0.1, 0.15) is 31.1 Å². The molecule has 0 spiro atoms. The highest BCUT2D eigenvalue weighted by molar-refractivity contribution is 8.01. The summed E-state index contributed by atoms with van der Waals surface area (Å²) >= 11 is 2.76. The van der Waals surface area contributed by atoms with Gasteiger partial charge >= 0.3 is 5.97 Å². The molecule has 7 nitrogen and oxygen atoms in total. The molecule has 0 unspecified atom stereocenters. The highest BCUT2D eigenvalue weighted by Crippen LogP contribution is 2.32. The minimum Gasteiger partial charge on any atom is -0.486 e. The number of fused-ring (bicyclic) bond motifs is 1. The number of nitrogens with one attached hydrogen (secondary N) is 1. The summed E-state index contributed by atoms with van der Waals surface area (Å²) < 4.78 is 16.8. The van der Waals surface area contributed by atoms with Crippen LogP contribution in [-0.4, -0.2) is 42.4 Å². The number of amides is 1. The molecule has 0 saturated heterocycles. The Morgan fingerprint density at radius 2 is 2.11 bits per heavy atom. The third-order valence-electron chi connectivity index (χ3n) is 3.93. The molecule has 1 amide bonds. The Bertz CT molecular complexity index is 839. The molecule has 1 aliphatic heterocycles. The molecule has 1 aromatic carbocycles. The summed E-state index contributed by atoms with van der Waals surface area (Å²) in [6.07, 6.45) is 0.151. The lowest BCUT2D eigenvalue weighted by molar-refractivity contribution is -0.142. The van der Waals surface area contributed by atoms with Crippen molar-refractivity contribution in [2.24, 2.45) is 0 Å². The Balaban J connectivity index is 1.48. The number of hydrogen-bond donors (Lipinski definition) is 1. The quantitative estimate of drug-likeness (QED) is 0.517. The Morgan fingerprint density at radius 3 is 2.89 bits per heavy atom. The Labute approximate surface area is 171 Å². The highest BCUT2D eigenvalue weighted by atomic mass is 32.2. The van der Waals surface area contributed by atoms with Gasteiger partial charge in [-0.25, -0.2) is 4.98 Å². The number of hydrogen-bond acceptors (Lipinski definition) is 8. The van der Waals surface area contributed by atoms with Crippen LogP contribution in [0.25, 0.3) is 0 Å². The smallest absolute Gasteiger partial charge is 0.311 e. The largest absolute Gasteiger partial charge is 0.486 e. The molecular formula is C19H22N2O5S2. The second kappa shape index (κ2) is 9.79. The molecule has 2 heterocycles. The zero-order valence-corrected chi connectivity index (χ0v) is 17.4. The van der Waals surface area contributed by atoms with E-state index in [1.54, 1.807) is 6.92 Å². The Hall–Kier alpha value is -2.26. The van der Waals surface area contributed by atoms with Crippen LogP contribution in [0.5, 0.6) is 11.5 Å². The number of carbonyl (C=O) groups is 2. The van der Waals surface area contributed by atoms with E-state index in [-0.39, 0.29) is 30.1 Å². The molecule has 1 aromatic heterocycles. The zero-order valence-electron chi connectivity index (χ0n) is 15.7. The first kappa shape index (κ1) is 20.5. The van der Waals surface area contributed by atoms with E-state index in [0.717, 1.165) is 15.7 Å². The van der Waals surface area contributed by atoms with E-state index >= 15 is 0 Å². The minimum absolute atomic E-state index is 0.0884. The van der Waals surface area contributed by atoms with Crippen LogP contribution >= 0.6 is 23.1 Å². The predicted molar refractivity (Wildman–Crippen MR) is 107 cm³/mol. The van der Waals surface area contributed by atoms with Gasteiger partial charge in [0.1, 0.15) is 13.2 Å². The van der Waals surface area contributed by atoms with Crippen molar-refractivity contribution in [2.75, 3.05) is 25.6 Å². The van der Waals surface area contributed by atoms with E-state index in [4.69, 9.17) is 14.2 Å². The van der Waals surface area contributed by atoms with Gasteiger partial charge in [-0.1, -0.05) is 17.8 Å². The van der Waals surface area contributed by atoms with Crippen molar-refractivity contribution >= 4 is 35.0 Å². The number of rotatable bonds is 8. The van der Waals surface area contributed by atoms with Crippen LogP contribution in [0.3, 0.4) is 0 Å². The SMILES string of the molecule is CCOC(=O)Cc1csc(SCC(=O)N[C@@H](C)c2ccc3c(c2)OCCO3)n1. The van der Waals surface area contributed by atoms with E-state index in [9.17, 15) is 9.59 Å². The first-order valence-electron chi connectivity index (χ1n) is 8.97. The van der Waals surface area contributed by atoms with Gasteiger partial charge in [0.25, 0.3) is 0 Å². The van der Waals surface area contributed by atoms with Crippen molar-refractivity contribution in [3.8, 4) is 11.5 Å². The summed E-state index contributed by atoms with van der Waals surface area (Å²) in [5.74, 6) is 1.30. The molecule has 0 bridgehead atoms. The number of carbonyl (C=O) groups excluding carboxylic acids is 2. The average molecular weight is 423 g/mol. The van der Waals surface area contributed by atoms with Gasteiger partial charge in [-0.3, -0.25) is 9.59 Å². The molecule has 9 heteroatoms. The van der Waals surface area contributed by atoms with E-state index in [1.807, 2.05) is 30.5 Å². The number of ether oxygens (including phenoxy) is 3. The summed E-state index contributed by atoms with van der Waals surface area (Å²) in [4.78, 5) is 28.1. The number of aromatic nitrogens is 1. The fraction of sp³-hybridized carbons (Fsp3) is 0.421. The monoisotopic (exact) mass is 422 g/mol. The Morgan fingerprint density at radius 1 is 1.32 bits per heavy atom. The number of thioether (sulfide) groups is 1. The topological polar surface area (TPSA) is 86.8 Å². The number of esters is 1. The van der Waals surface area contributed by atoms with E-state index in [1.165, 1.54) is 23.1 Å². The van der Waals surface area contributed by atoms with Gasteiger partial charge in [-0.15, -0.1) is 11.3 Å². The van der Waals surface area contributed by atoms with Crippen molar-refractivity contribution < 1.29 is 23.8 Å². The van der Waals surface area contributed by atoms with Crippen molar-refractivity contribution in [3.05, 3.63) is 34.8 Å². The summed E-state index contributed by atoms with van der Waals surface area (Å²) in [5, 5.41) is 4.79. The second-order valence-electron chi connectivity index (χ2n) is 6.07. The highest BCUT2D eigenvalue weighted by Gasteiger charge is 2.16. The number of benzene rings is 1. The first-order chi connectivity index (χ1) is 13.5. The van der Waals surface area contributed by atoms with Gasteiger partial charge in [-0.2, -0.15) is 0 Å². The minimum atomic E-state index is -0.296. The summed E-state index contributed by atoms with van der Waals surface area (Å²) in [6.45, 7) is 5.12. The van der Waals surface area contributed by atoms with Crippen molar-refractivity contribution in [1.29, 1.82) is 0 Å². The molecule has 2 aromatic rings. The molecule has 150 valence electrons. The van der Waals surface area contributed by atoms with Gasteiger partial charge in [0.2, 0.25) is 5.91 Å². The van der Waals surface area contributed by atoms with Crippen molar-refractivity contribution in [3.63, 3.8) is 0 Å². The van der Waals surface area contributed by atoms with Crippen molar-refractivity contribution in [2.45, 2.75) is 30.6 Å². The van der Waals surface area contributed by atoms with Crippen LogP contribution in [-0.2, 0) is 20.7 Å². The summed E-state index contributed by atoms with van der Waals surface area (Å²) in [5.41, 5.74) is 1.62. The molecule has 0 radical (unpaired) electrons. The molecular weight excluding hydrogens is 400 g/mol. The van der Waals surface area contributed by atoms with E-state index < -0.39 is 0 Å². The molecule has 1 atom stereocenters. The lowest BCUT2D eigenvalue weighted by atomic mass is 10.1. The number of thiazole rings is 1. The fourth-order valence-electron chi connectivity index (χ4n) is 2.62. The predicted octanol–water partition coefficient (Wildman–Crippen LogP) is 2.99. The molecule has 0 aliphatic carbocycles. The second-order valence-corrected chi connectivity index (χ2v) is 8.15. The van der Waals surface area contributed by atoms with Gasteiger partial charge in [-0.05, 0) is 31.5 Å². The molecule has 0 fully saturated rings. The maximum atomic E-state index is 12.3. The lowest BCUT2D eigenvalue weighted by Crippen LogP contribution is -2.28. The molecule has 1 N–H and O–H groups in total. The third kappa shape index (κ3) is 5.62. The van der Waals surface area contributed by atoms with Crippen LogP contribution < -0.4 is 14.8 Å². The van der Waals surface area contributed by atoms with Gasteiger partial charge in [0, 0.05) is 5.38 Å². The van der Waals surface area contributed by atoms with Gasteiger partial charge in [0.05, 0.1) is 30.5 Å². The molecule has 0 saturated carbocycles. The van der Waals surface area contributed by atoms with E-state index in [0.29, 0.717) is 31.3 Å². The lowest BCUT2D eigenvalue weighted by Gasteiger charge is -2.21. The Kier molecular flexibility index (Phi) is 7.16. The van der Waals surface area contributed by atoms with Gasteiger partial charge in [0.15, 0.2) is 15.8 Å². The van der Waals surface area contributed by atoms with E-state index in [2.05, 4.69) is 10.3 Å². The zero-order chi connectivity index (χ0) is 19.9. The van der Waals surface area contributed by atoms with Crippen LogP contribution in [0.15, 0.2) is 27.9 Å². The normalized spacial score (nSPS) is 13.6. The molecule has 3 rings (SSSR count). The maximum absolute atomic E-state index is 12.3. The van der Waals surface area contributed by atoms with Gasteiger partial charge < -0.3 is 19.5 Å². The van der Waals surface area contributed by atoms with Crippen LogP contribution in [0.2, 0.25) is 0 Å². The standard InChI is InChI=1S/C19H22N2O5S2/c1-3-24-18(23)9-14-10-27-19(21-14)28-11-17(22)20-12(2)13-4-5-15-16(8-13)26-7-6-25-15/h4-5,8,10,12H,3,6-7,9,11H2,1-2H3,(H,20,22)/t12-/m0/s1. The third-order valence-corrected chi connectivity index (χ3v) is 6.00. The maximum Gasteiger partial charge on any atom is 0.311 e. The van der Waals surface area contributed by atoms with Crippen LogP contribution in [0.4, 0.5) is 0 Å². The van der Waals surface area contributed by atoms with Crippen LogP contribution in [0, 0.1) is 0 Å². The number of nitrogens with zero attached hydrogens (tertiary/aromatic N) is 1. The molecule has 28 heavy (non-hydrogen) atoms.